The number of benzene rings is 1. The van der Waals surface area contributed by atoms with Crippen molar-refractivity contribution in [2.24, 2.45) is 0 Å². The van der Waals surface area contributed by atoms with Crippen LogP contribution in [0.25, 0.3) is 0 Å². The maximum absolute atomic E-state index is 11.5. The van der Waals surface area contributed by atoms with Crippen molar-refractivity contribution >= 4 is 9.84 Å². The number of ether oxygens (including phenoxy) is 1. The van der Waals surface area contributed by atoms with Gasteiger partial charge in [-0.15, -0.1) is 0 Å². The van der Waals surface area contributed by atoms with Gasteiger partial charge in [-0.2, -0.15) is 0 Å². The number of rotatable bonds is 4. The number of hydrogen-bond acceptors (Lipinski definition) is 6. The number of hydrogen-bond donors (Lipinski definition) is 1. The number of aliphatic hydroxyl groups is 1. The molecule has 0 unspecified atom stereocenters. The SMILES string of the molecule is CS(=O)(=O)c1ccc(CN2CCCN([C@@H]3COC[C@H]3O)CC2)cc1. The molecule has 24 heavy (non-hydrogen) atoms. The lowest BCUT2D eigenvalue weighted by molar-refractivity contribution is 0.0837. The maximum Gasteiger partial charge on any atom is 0.175 e. The van der Waals surface area contributed by atoms with Gasteiger partial charge in [0.1, 0.15) is 0 Å². The Bertz CT molecular complexity index is 647. The molecule has 2 atom stereocenters. The third-order valence-electron chi connectivity index (χ3n) is 4.87. The molecule has 1 aromatic rings. The fourth-order valence-electron chi connectivity index (χ4n) is 3.46. The molecule has 2 aliphatic heterocycles. The Labute approximate surface area is 143 Å². The first-order valence-corrected chi connectivity index (χ1v) is 10.3. The smallest absolute Gasteiger partial charge is 0.175 e. The quantitative estimate of drug-likeness (QED) is 0.842. The second-order valence-corrected chi connectivity index (χ2v) is 8.77. The van der Waals surface area contributed by atoms with E-state index in [9.17, 15) is 13.5 Å². The first kappa shape index (κ1) is 17.8. The summed E-state index contributed by atoms with van der Waals surface area (Å²) in [6.07, 6.45) is 1.91. The van der Waals surface area contributed by atoms with Crippen molar-refractivity contribution in [1.29, 1.82) is 0 Å². The molecule has 6 nitrogen and oxygen atoms in total. The summed E-state index contributed by atoms with van der Waals surface area (Å²) in [5.41, 5.74) is 1.13. The Kier molecular flexibility index (Phi) is 5.56. The summed E-state index contributed by atoms with van der Waals surface area (Å²) in [5.74, 6) is 0. The monoisotopic (exact) mass is 354 g/mol. The molecule has 0 aliphatic carbocycles. The molecule has 0 spiro atoms. The van der Waals surface area contributed by atoms with Gasteiger partial charge in [0.25, 0.3) is 0 Å². The molecule has 1 aromatic carbocycles. The molecule has 0 radical (unpaired) electrons. The Morgan fingerprint density at radius 1 is 1.12 bits per heavy atom. The van der Waals surface area contributed by atoms with Crippen molar-refractivity contribution in [2.45, 2.75) is 30.0 Å². The van der Waals surface area contributed by atoms with Gasteiger partial charge in [0.15, 0.2) is 9.84 Å². The molecule has 0 saturated carbocycles. The summed E-state index contributed by atoms with van der Waals surface area (Å²) in [5, 5.41) is 10.00. The fraction of sp³-hybridized carbons (Fsp3) is 0.647. The molecule has 2 saturated heterocycles. The average molecular weight is 354 g/mol. The first-order valence-electron chi connectivity index (χ1n) is 8.45. The van der Waals surface area contributed by atoms with Crippen LogP contribution < -0.4 is 0 Å². The van der Waals surface area contributed by atoms with E-state index in [4.69, 9.17) is 4.74 Å². The topological polar surface area (TPSA) is 70.1 Å². The van der Waals surface area contributed by atoms with E-state index in [-0.39, 0.29) is 12.1 Å². The van der Waals surface area contributed by atoms with Crippen LogP contribution in [-0.4, -0.2) is 81.1 Å². The zero-order valence-corrected chi connectivity index (χ0v) is 14.9. The number of nitrogens with zero attached hydrogens (tertiary/aromatic N) is 2. The predicted molar refractivity (Wildman–Crippen MR) is 91.6 cm³/mol. The van der Waals surface area contributed by atoms with E-state index >= 15 is 0 Å². The molecule has 3 rings (SSSR count). The van der Waals surface area contributed by atoms with E-state index in [1.165, 1.54) is 6.26 Å². The third kappa shape index (κ3) is 4.34. The van der Waals surface area contributed by atoms with Gasteiger partial charge in [-0.3, -0.25) is 9.80 Å². The molecule has 0 amide bonds. The first-order chi connectivity index (χ1) is 11.4. The van der Waals surface area contributed by atoms with Crippen LogP contribution in [0.3, 0.4) is 0 Å². The Morgan fingerprint density at radius 2 is 1.88 bits per heavy atom. The summed E-state index contributed by atoms with van der Waals surface area (Å²) in [7, 11) is -3.14. The highest BCUT2D eigenvalue weighted by atomic mass is 32.2. The molecule has 1 N–H and O–H groups in total. The molecular weight excluding hydrogens is 328 g/mol. The van der Waals surface area contributed by atoms with Crippen molar-refractivity contribution < 1.29 is 18.3 Å². The lowest BCUT2D eigenvalue weighted by Gasteiger charge is -2.28. The zero-order chi connectivity index (χ0) is 17.2. The average Bonchev–Trinajstić information content (AvgIpc) is 2.82. The van der Waals surface area contributed by atoms with E-state index in [0.29, 0.717) is 18.1 Å². The van der Waals surface area contributed by atoms with E-state index in [1.54, 1.807) is 12.1 Å². The van der Waals surface area contributed by atoms with Crippen LogP contribution in [0, 0.1) is 0 Å². The van der Waals surface area contributed by atoms with Gasteiger partial charge in [0.2, 0.25) is 0 Å². The highest BCUT2D eigenvalue weighted by Gasteiger charge is 2.32. The van der Waals surface area contributed by atoms with Gasteiger partial charge in [-0.1, -0.05) is 12.1 Å². The van der Waals surface area contributed by atoms with E-state index < -0.39 is 9.84 Å². The fourth-order valence-corrected chi connectivity index (χ4v) is 4.09. The zero-order valence-electron chi connectivity index (χ0n) is 14.1. The summed E-state index contributed by atoms with van der Waals surface area (Å²) in [6, 6.07) is 7.28. The van der Waals surface area contributed by atoms with E-state index in [0.717, 1.165) is 44.7 Å². The van der Waals surface area contributed by atoms with Crippen molar-refractivity contribution in [2.75, 3.05) is 45.6 Å². The lowest BCUT2D eigenvalue weighted by atomic mass is 10.2. The van der Waals surface area contributed by atoms with Crippen LogP contribution in [0.5, 0.6) is 0 Å². The van der Waals surface area contributed by atoms with Gasteiger partial charge >= 0.3 is 0 Å². The van der Waals surface area contributed by atoms with Crippen molar-refractivity contribution in [1.82, 2.24) is 9.80 Å². The number of aliphatic hydroxyl groups excluding tert-OH is 1. The molecular formula is C17H26N2O4S. The summed E-state index contributed by atoms with van der Waals surface area (Å²) in [4.78, 5) is 5.09. The molecule has 0 bridgehead atoms. The molecule has 2 heterocycles. The second kappa shape index (κ2) is 7.49. The van der Waals surface area contributed by atoms with Crippen molar-refractivity contribution in [3.63, 3.8) is 0 Å². The minimum Gasteiger partial charge on any atom is -0.389 e. The lowest BCUT2D eigenvalue weighted by Crippen LogP contribution is -2.44. The van der Waals surface area contributed by atoms with Gasteiger partial charge in [-0.25, -0.2) is 8.42 Å². The highest BCUT2D eigenvalue weighted by molar-refractivity contribution is 7.90. The largest absolute Gasteiger partial charge is 0.389 e. The van der Waals surface area contributed by atoms with E-state index in [1.807, 2.05) is 12.1 Å². The maximum atomic E-state index is 11.5. The third-order valence-corrected chi connectivity index (χ3v) is 6.00. The molecule has 0 aromatic heterocycles. The van der Waals surface area contributed by atoms with Gasteiger partial charge in [0, 0.05) is 25.9 Å². The summed E-state index contributed by atoms with van der Waals surface area (Å²) >= 11 is 0. The highest BCUT2D eigenvalue weighted by Crippen LogP contribution is 2.17. The Balaban J connectivity index is 1.56. The van der Waals surface area contributed by atoms with Crippen LogP contribution in [-0.2, 0) is 21.1 Å². The van der Waals surface area contributed by atoms with E-state index in [2.05, 4.69) is 9.80 Å². The van der Waals surface area contributed by atoms with Crippen LogP contribution >= 0.6 is 0 Å². The number of sulfone groups is 1. The van der Waals surface area contributed by atoms with Gasteiger partial charge in [0.05, 0.1) is 30.3 Å². The molecule has 2 fully saturated rings. The van der Waals surface area contributed by atoms with Crippen LogP contribution in [0.1, 0.15) is 12.0 Å². The minimum atomic E-state index is -3.14. The van der Waals surface area contributed by atoms with Crippen molar-refractivity contribution in [3.8, 4) is 0 Å². The van der Waals surface area contributed by atoms with Gasteiger partial charge in [-0.05, 0) is 37.2 Å². The van der Waals surface area contributed by atoms with Crippen LogP contribution in [0.2, 0.25) is 0 Å². The van der Waals surface area contributed by atoms with Crippen LogP contribution in [0.15, 0.2) is 29.2 Å². The minimum absolute atomic E-state index is 0.124. The Hall–Kier alpha value is -0.990. The normalized spacial score (nSPS) is 27.2. The standard InChI is InChI=1S/C17H26N2O4S/c1-24(21,22)15-5-3-14(4-6-15)11-18-7-2-8-19(10-9-18)16-12-23-13-17(16)20/h3-6,16-17,20H,2,7-13H2,1H3/t16-,17-/m1/s1. The second-order valence-electron chi connectivity index (χ2n) is 6.75. The van der Waals surface area contributed by atoms with Crippen molar-refractivity contribution in [3.05, 3.63) is 29.8 Å². The summed E-state index contributed by atoms with van der Waals surface area (Å²) in [6.45, 7) is 5.74. The summed E-state index contributed by atoms with van der Waals surface area (Å²) < 4.78 is 28.4. The molecule has 134 valence electrons. The molecule has 7 heteroatoms. The predicted octanol–water partition coefficient (Wildman–Crippen LogP) is 0.358. The van der Waals surface area contributed by atoms with Crippen LogP contribution in [0.4, 0.5) is 0 Å². The van der Waals surface area contributed by atoms with Gasteiger partial charge < -0.3 is 9.84 Å². The molecule has 2 aliphatic rings. The Morgan fingerprint density at radius 3 is 2.50 bits per heavy atom.